The first-order chi connectivity index (χ1) is 15.9. The highest BCUT2D eigenvalue weighted by atomic mass is 32.1. The Labute approximate surface area is 200 Å². The van der Waals surface area contributed by atoms with E-state index in [1.807, 2.05) is 59.0 Å². The first kappa shape index (κ1) is 23.1. The molecule has 172 valence electrons. The summed E-state index contributed by atoms with van der Waals surface area (Å²) in [6.45, 7) is 4.61. The molecule has 3 aromatic rings. The predicted molar refractivity (Wildman–Crippen MR) is 131 cm³/mol. The van der Waals surface area contributed by atoms with Crippen molar-refractivity contribution in [3.05, 3.63) is 57.6 Å². The van der Waals surface area contributed by atoms with Crippen LogP contribution in [0, 0.1) is 5.92 Å². The Kier molecular flexibility index (Phi) is 7.20. The molecule has 1 aliphatic heterocycles. The van der Waals surface area contributed by atoms with Gasteiger partial charge in [0.15, 0.2) is 5.13 Å². The van der Waals surface area contributed by atoms with E-state index >= 15 is 0 Å². The molecule has 2 aromatic heterocycles. The number of carbonyl (C=O) groups excluding carboxylic acids is 3. The Balaban J connectivity index is 1.31. The number of benzene rings is 1. The molecule has 0 saturated carbocycles. The van der Waals surface area contributed by atoms with Crippen LogP contribution in [0.2, 0.25) is 0 Å². The Morgan fingerprint density at radius 1 is 1.09 bits per heavy atom. The van der Waals surface area contributed by atoms with Crippen LogP contribution in [-0.4, -0.2) is 40.7 Å². The minimum absolute atomic E-state index is 0.0430. The second-order valence-corrected chi connectivity index (χ2v) is 9.92. The normalized spacial score (nSPS) is 15.2. The molecule has 1 aromatic carbocycles. The third-order valence-corrected chi connectivity index (χ3v) is 7.36. The smallest absolute Gasteiger partial charge is 0.263 e. The standard InChI is InChI=1S/C24H26N4O3S2/c1-15(25-16(2)29)17-5-7-18(8-6-17)20-14-33-24(26-20)27-22(30)19-9-11-28(12-10-19)23(31)21-4-3-13-32-21/h3-8,13-15,19H,9-12H2,1-2H3,(H,25,29)(H,26,27,30). The lowest BCUT2D eigenvalue weighted by Crippen LogP contribution is -2.41. The first-order valence-corrected chi connectivity index (χ1v) is 12.6. The average molecular weight is 483 g/mol. The summed E-state index contributed by atoms with van der Waals surface area (Å²) >= 11 is 2.84. The highest BCUT2D eigenvalue weighted by molar-refractivity contribution is 7.14. The molecule has 3 amide bonds. The van der Waals surface area contributed by atoms with Gasteiger partial charge in [0.2, 0.25) is 11.8 Å². The van der Waals surface area contributed by atoms with E-state index in [1.165, 1.54) is 29.6 Å². The van der Waals surface area contributed by atoms with Crippen molar-refractivity contribution >= 4 is 45.5 Å². The zero-order valence-electron chi connectivity index (χ0n) is 18.5. The number of hydrogen-bond donors (Lipinski definition) is 2. The van der Waals surface area contributed by atoms with Gasteiger partial charge in [0, 0.05) is 36.9 Å². The minimum atomic E-state index is -0.126. The van der Waals surface area contributed by atoms with Crippen LogP contribution >= 0.6 is 22.7 Å². The molecule has 1 saturated heterocycles. The van der Waals surface area contributed by atoms with Gasteiger partial charge in [-0.1, -0.05) is 30.3 Å². The third-order valence-electron chi connectivity index (χ3n) is 5.75. The maximum Gasteiger partial charge on any atom is 0.263 e. The number of amides is 3. The van der Waals surface area contributed by atoms with Crippen LogP contribution in [0.3, 0.4) is 0 Å². The van der Waals surface area contributed by atoms with E-state index in [-0.39, 0.29) is 29.7 Å². The van der Waals surface area contributed by atoms with E-state index in [1.54, 1.807) is 0 Å². The van der Waals surface area contributed by atoms with Crippen LogP contribution in [0.1, 0.15) is 48.0 Å². The van der Waals surface area contributed by atoms with Crippen molar-refractivity contribution in [2.75, 3.05) is 18.4 Å². The number of anilines is 1. The summed E-state index contributed by atoms with van der Waals surface area (Å²) in [7, 11) is 0. The molecule has 0 radical (unpaired) electrons. The molecule has 0 spiro atoms. The van der Waals surface area contributed by atoms with Gasteiger partial charge in [-0.25, -0.2) is 4.98 Å². The highest BCUT2D eigenvalue weighted by Crippen LogP contribution is 2.28. The van der Waals surface area contributed by atoms with Crippen LogP contribution in [0.5, 0.6) is 0 Å². The van der Waals surface area contributed by atoms with Crippen molar-refractivity contribution < 1.29 is 14.4 Å². The van der Waals surface area contributed by atoms with Crippen molar-refractivity contribution in [2.45, 2.75) is 32.7 Å². The molecule has 2 N–H and O–H groups in total. The van der Waals surface area contributed by atoms with Gasteiger partial charge in [0.05, 0.1) is 16.6 Å². The van der Waals surface area contributed by atoms with Crippen LogP contribution in [0.4, 0.5) is 5.13 Å². The molecule has 1 fully saturated rings. The monoisotopic (exact) mass is 482 g/mol. The summed E-state index contributed by atoms with van der Waals surface area (Å²) in [6.07, 6.45) is 1.30. The van der Waals surface area contributed by atoms with Gasteiger partial charge in [-0.05, 0) is 36.8 Å². The number of piperidine rings is 1. The first-order valence-electron chi connectivity index (χ1n) is 10.9. The maximum absolute atomic E-state index is 12.7. The number of thiophene rings is 1. The van der Waals surface area contributed by atoms with Crippen LogP contribution < -0.4 is 10.6 Å². The summed E-state index contributed by atoms with van der Waals surface area (Å²) in [6, 6.07) is 11.5. The lowest BCUT2D eigenvalue weighted by Gasteiger charge is -2.30. The molecule has 1 atom stereocenters. The zero-order valence-corrected chi connectivity index (χ0v) is 20.2. The molecular formula is C24H26N4O3S2. The van der Waals surface area contributed by atoms with Gasteiger partial charge in [0.1, 0.15) is 0 Å². The van der Waals surface area contributed by atoms with Gasteiger partial charge >= 0.3 is 0 Å². The van der Waals surface area contributed by atoms with Gasteiger partial charge in [0.25, 0.3) is 5.91 Å². The number of hydrogen-bond acceptors (Lipinski definition) is 6. The molecule has 9 heteroatoms. The Bertz CT molecular complexity index is 1120. The number of thiazole rings is 1. The second kappa shape index (κ2) is 10.3. The van der Waals surface area contributed by atoms with Crippen molar-refractivity contribution in [2.24, 2.45) is 5.92 Å². The van der Waals surface area contributed by atoms with Crippen LogP contribution in [0.25, 0.3) is 11.3 Å². The van der Waals surface area contributed by atoms with E-state index in [2.05, 4.69) is 15.6 Å². The van der Waals surface area contributed by atoms with Crippen molar-refractivity contribution in [1.29, 1.82) is 0 Å². The Morgan fingerprint density at radius 3 is 2.45 bits per heavy atom. The lowest BCUT2D eigenvalue weighted by molar-refractivity contribution is -0.121. The molecule has 0 bridgehead atoms. The largest absolute Gasteiger partial charge is 0.350 e. The summed E-state index contributed by atoms with van der Waals surface area (Å²) in [5.74, 6) is -0.185. The summed E-state index contributed by atoms with van der Waals surface area (Å²) in [5.41, 5.74) is 2.76. The van der Waals surface area contributed by atoms with Crippen LogP contribution in [-0.2, 0) is 9.59 Å². The SMILES string of the molecule is CC(=O)NC(C)c1ccc(-c2csc(NC(=O)C3CCN(C(=O)c4cccs4)CC3)n2)cc1. The van der Waals surface area contributed by atoms with Gasteiger partial charge in [-0.3, -0.25) is 14.4 Å². The average Bonchev–Trinajstić information content (AvgIpc) is 3.51. The lowest BCUT2D eigenvalue weighted by atomic mass is 9.96. The quantitative estimate of drug-likeness (QED) is 0.539. The van der Waals surface area contributed by atoms with Gasteiger partial charge in [-0.2, -0.15) is 0 Å². The fraction of sp³-hybridized carbons (Fsp3) is 0.333. The molecule has 0 aliphatic carbocycles. The van der Waals surface area contributed by atoms with Crippen LogP contribution in [0.15, 0.2) is 47.2 Å². The number of nitrogens with zero attached hydrogens (tertiary/aromatic N) is 2. The summed E-state index contributed by atoms with van der Waals surface area (Å²) < 4.78 is 0. The van der Waals surface area contributed by atoms with E-state index in [0.717, 1.165) is 21.7 Å². The van der Waals surface area contributed by atoms with E-state index in [0.29, 0.717) is 31.1 Å². The maximum atomic E-state index is 12.7. The fourth-order valence-corrected chi connectivity index (χ4v) is 5.32. The molecule has 33 heavy (non-hydrogen) atoms. The summed E-state index contributed by atoms with van der Waals surface area (Å²) in [5, 5.41) is 10.2. The molecule has 1 unspecified atom stereocenters. The number of nitrogens with one attached hydrogen (secondary N) is 2. The minimum Gasteiger partial charge on any atom is -0.350 e. The molecule has 1 aliphatic rings. The Hall–Kier alpha value is -3.04. The Morgan fingerprint density at radius 2 is 1.82 bits per heavy atom. The number of carbonyl (C=O) groups is 3. The van der Waals surface area contributed by atoms with Crippen molar-refractivity contribution in [3.63, 3.8) is 0 Å². The van der Waals surface area contributed by atoms with Crippen molar-refractivity contribution in [3.8, 4) is 11.3 Å². The van der Waals surface area contributed by atoms with Crippen molar-refractivity contribution in [1.82, 2.24) is 15.2 Å². The number of likely N-dealkylation sites (tertiary alicyclic amines) is 1. The van der Waals surface area contributed by atoms with Gasteiger partial charge < -0.3 is 15.5 Å². The topological polar surface area (TPSA) is 91.4 Å². The number of aromatic nitrogens is 1. The highest BCUT2D eigenvalue weighted by Gasteiger charge is 2.28. The fourth-order valence-electron chi connectivity index (χ4n) is 3.90. The van der Waals surface area contributed by atoms with Gasteiger partial charge in [-0.15, -0.1) is 22.7 Å². The zero-order chi connectivity index (χ0) is 23.4. The molecule has 4 rings (SSSR count). The third kappa shape index (κ3) is 5.66. The van der Waals surface area contributed by atoms with E-state index in [4.69, 9.17) is 0 Å². The second-order valence-electron chi connectivity index (χ2n) is 8.12. The summed E-state index contributed by atoms with van der Waals surface area (Å²) in [4.78, 5) is 43.6. The predicted octanol–water partition coefficient (Wildman–Crippen LogP) is 4.56. The molecule has 7 nitrogen and oxygen atoms in total. The number of rotatable bonds is 6. The van der Waals surface area contributed by atoms with E-state index < -0.39 is 0 Å². The molecular weight excluding hydrogens is 456 g/mol. The molecule has 3 heterocycles. The van der Waals surface area contributed by atoms with E-state index in [9.17, 15) is 14.4 Å².